The normalized spacial score (nSPS) is 14.8. The maximum atomic E-state index is 13.6. The summed E-state index contributed by atoms with van der Waals surface area (Å²) in [4.78, 5) is 11.0. The number of alkyl halides is 3. The van der Waals surface area contributed by atoms with Crippen molar-refractivity contribution >= 4 is 11.0 Å². The highest BCUT2D eigenvalue weighted by atomic mass is 19.4. The van der Waals surface area contributed by atoms with Gasteiger partial charge in [0.1, 0.15) is 17.3 Å². The zero-order valence-electron chi connectivity index (χ0n) is 17.1. The third kappa shape index (κ3) is 4.35. The van der Waals surface area contributed by atoms with Gasteiger partial charge in [-0.25, -0.2) is 9.97 Å². The number of hydrogen-bond acceptors (Lipinski definition) is 5. The van der Waals surface area contributed by atoms with Crippen molar-refractivity contribution in [2.24, 2.45) is 0 Å². The van der Waals surface area contributed by atoms with Crippen molar-refractivity contribution in [2.75, 3.05) is 26.2 Å². The number of imidazole rings is 1. The monoisotopic (exact) mass is 429 g/mol. The molecule has 2 aromatic heterocycles. The van der Waals surface area contributed by atoms with Gasteiger partial charge in [0.15, 0.2) is 5.69 Å². The van der Waals surface area contributed by atoms with Crippen molar-refractivity contribution in [3.8, 4) is 23.1 Å². The topological polar surface area (TPSA) is 67.0 Å². The molecular weight excluding hydrogens is 407 g/mol. The standard InChI is InChI=1S/C22H22F3N5O/c1-2-31-20-6-5-15(11-16(20)22(23,24)25)17-12-19-21(18(13-26)28-17)27-14-30(19)10-9-29-7-3-4-8-29/h5-6,11-12,14H,2-4,7-10H2,1H3. The minimum atomic E-state index is -4.57. The number of pyridine rings is 1. The molecule has 31 heavy (non-hydrogen) atoms. The van der Waals surface area contributed by atoms with Gasteiger partial charge < -0.3 is 14.2 Å². The Balaban J connectivity index is 1.75. The molecule has 0 saturated carbocycles. The Morgan fingerprint density at radius 1 is 1.16 bits per heavy atom. The minimum absolute atomic E-state index is 0.0925. The second-order valence-electron chi connectivity index (χ2n) is 7.46. The zero-order valence-corrected chi connectivity index (χ0v) is 17.1. The second-order valence-corrected chi connectivity index (χ2v) is 7.46. The summed E-state index contributed by atoms with van der Waals surface area (Å²) >= 11 is 0. The van der Waals surface area contributed by atoms with Crippen LogP contribution in [-0.4, -0.2) is 45.7 Å². The van der Waals surface area contributed by atoms with Gasteiger partial charge in [-0.3, -0.25) is 0 Å². The smallest absolute Gasteiger partial charge is 0.419 e. The van der Waals surface area contributed by atoms with Crippen LogP contribution in [0.1, 0.15) is 31.0 Å². The summed E-state index contributed by atoms with van der Waals surface area (Å²) in [6, 6.07) is 7.56. The highest BCUT2D eigenvalue weighted by Crippen LogP contribution is 2.39. The van der Waals surface area contributed by atoms with Crippen molar-refractivity contribution < 1.29 is 17.9 Å². The third-order valence-electron chi connectivity index (χ3n) is 5.45. The maximum Gasteiger partial charge on any atom is 0.419 e. The van der Waals surface area contributed by atoms with Crippen LogP contribution in [0, 0.1) is 11.3 Å². The first-order valence-electron chi connectivity index (χ1n) is 10.2. The summed E-state index contributed by atoms with van der Waals surface area (Å²) in [5, 5.41) is 9.55. The van der Waals surface area contributed by atoms with E-state index in [1.54, 1.807) is 19.3 Å². The molecule has 0 aliphatic carbocycles. The predicted molar refractivity (Wildman–Crippen MR) is 110 cm³/mol. The molecule has 0 bridgehead atoms. The molecule has 9 heteroatoms. The molecule has 0 spiro atoms. The summed E-state index contributed by atoms with van der Waals surface area (Å²) in [6.45, 7) is 5.42. The summed E-state index contributed by atoms with van der Waals surface area (Å²) in [7, 11) is 0. The molecule has 0 atom stereocenters. The van der Waals surface area contributed by atoms with Gasteiger partial charge in [0.05, 0.1) is 29.7 Å². The Hall–Kier alpha value is -3.12. The molecule has 162 valence electrons. The van der Waals surface area contributed by atoms with Gasteiger partial charge >= 0.3 is 6.18 Å². The Labute approximate surface area is 177 Å². The fraction of sp³-hybridized carbons (Fsp3) is 0.409. The van der Waals surface area contributed by atoms with Crippen LogP contribution in [0.2, 0.25) is 0 Å². The largest absolute Gasteiger partial charge is 0.493 e. The molecule has 1 fully saturated rings. The summed E-state index contributed by atoms with van der Waals surface area (Å²) in [5.74, 6) is -0.226. The molecule has 1 saturated heterocycles. The number of nitriles is 1. The first-order chi connectivity index (χ1) is 14.9. The van der Waals surface area contributed by atoms with Gasteiger partial charge in [0, 0.05) is 18.7 Å². The lowest BCUT2D eigenvalue weighted by Crippen LogP contribution is -2.23. The molecule has 1 aliphatic rings. The number of fused-ring (bicyclic) bond motifs is 1. The molecule has 3 heterocycles. The number of nitrogens with zero attached hydrogens (tertiary/aromatic N) is 5. The molecule has 0 unspecified atom stereocenters. The minimum Gasteiger partial charge on any atom is -0.493 e. The van der Waals surface area contributed by atoms with E-state index in [2.05, 4.69) is 14.9 Å². The Kier molecular flexibility index (Phi) is 5.83. The number of benzene rings is 1. The first-order valence-corrected chi connectivity index (χ1v) is 10.2. The Morgan fingerprint density at radius 3 is 2.61 bits per heavy atom. The van der Waals surface area contributed by atoms with Crippen LogP contribution in [0.15, 0.2) is 30.6 Å². The van der Waals surface area contributed by atoms with Crippen molar-refractivity contribution in [2.45, 2.75) is 32.5 Å². The summed E-state index contributed by atoms with van der Waals surface area (Å²) in [6.07, 6.45) is -0.528. The van der Waals surface area contributed by atoms with E-state index in [-0.39, 0.29) is 23.6 Å². The van der Waals surface area contributed by atoms with E-state index in [1.807, 2.05) is 10.6 Å². The quantitative estimate of drug-likeness (QED) is 0.578. The number of halogens is 3. The molecular formula is C22H22F3N5O. The van der Waals surface area contributed by atoms with Gasteiger partial charge in [-0.15, -0.1) is 0 Å². The molecule has 0 radical (unpaired) electrons. The fourth-order valence-electron chi connectivity index (χ4n) is 3.91. The van der Waals surface area contributed by atoms with E-state index in [9.17, 15) is 18.4 Å². The van der Waals surface area contributed by atoms with E-state index < -0.39 is 11.7 Å². The average molecular weight is 429 g/mol. The average Bonchev–Trinajstić information content (AvgIpc) is 3.41. The highest BCUT2D eigenvalue weighted by Gasteiger charge is 2.35. The zero-order chi connectivity index (χ0) is 22.0. The second kappa shape index (κ2) is 8.55. The van der Waals surface area contributed by atoms with Gasteiger partial charge in [-0.2, -0.15) is 18.4 Å². The van der Waals surface area contributed by atoms with E-state index >= 15 is 0 Å². The van der Waals surface area contributed by atoms with Crippen molar-refractivity contribution in [1.82, 2.24) is 19.4 Å². The van der Waals surface area contributed by atoms with Crippen LogP contribution in [0.5, 0.6) is 5.75 Å². The van der Waals surface area contributed by atoms with E-state index in [0.717, 1.165) is 25.7 Å². The Morgan fingerprint density at radius 2 is 1.94 bits per heavy atom. The molecule has 0 amide bonds. The van der Waals surface area contributed by atoms with E-state index in [0.29, 0.717) is 23.3 Å². The van der Waals surface area contributed by atoms with Crippen LogP contribution < -0.4 is 4.74 Å². The number of likely N-dealkylation sites (tertiary alicyclic amines) is 1. The van der Waals surface area contributed by atoms with Gasteiger partial charge in [-0.1, -0.05) is 0 Å². The van der Waals surface area contributed by atoms with Crippen molar-refractivity contribution in [1.29, 1.82) is 5.26 Å². The van der Waals surface area contributed by atoms with Gasteiger partial charge in [0.2, 0.25) is 0 Å². The maximum absolute atomic E-state index is 13.6. The van der Waals surface area contributed by atoms with Gasteiger partial charge in [-0.05, 0) is 57.1 Å². The number of ether oxygens (including phenoxy) is 1. The van der Waals surface area contributed by atoms with Crippen molar-refractivity contribution in [3.63, 3.8) is 0 Å². The number of hydrogen-bond donors (Lipinski definition) is 0. The molecule has 0 N–H and O–H groups in total. The fourth-order valence-corrected chi connectivity index (χ4v) is 3.91. The van der Waals surface area contributed by atoms with E-state index in [1.165, 1.54) is 25.0 Å². The van der Waals surface area contributed by atoms with Crippen LogP contribution in [-0.2, 0) is 12.7 Å². The SMILES string of the molecule is CCOc1ccc(-c2cc3c(ncn3CCN3CCCC3)c(C#N)n2)cc1C(F)(F)F. The highest BCUT2D eigenvalue weighted by molar-refractivity contribution is 5.84. The molecule has 1 aliphatic heterocycles. The van der Waals surface area contributed by atoms with Crippen LogP contribution >= 0.6 is 0 Å². The van der Waals surface area contributed by atoms with Crippen LogP contribution in [0.25, 0.3) is 22.3 Å². The first kappa shape index (κ1) is 21.1. The van der Waals surface area contributed by atoms with E-state index in [4.69, 9.17) is 4.74 Å². The predicted octanol–water partition coefficient (Wildman–Crippen LogP) is 4.48. The molecule has 3 aromatic rings. The third-order valence-corrected chi connectivity index (χ3v) is 5.45. The van der Waals surface area contributed by atoms with Crippen LogP contribution in [0.3, 0.4) is 0 Å². The molecule has 1 aromatic carbocycles. The molecule has 4 rings (SSSR count). The lowest BCUT2D eigenvalue weighted by Gasteiger charge is -2.16. The van der Waals surface area contributed by atoms with Crippen molar-refractivity contribution in [3.05, 3.63) is 41.9 Å². The van der Waals surface area contributed by atoms with Crippen LogP contribution in [0.4, 0.5) is 13.2 Å². The lowest BCUT2D eigenvalue weighted by atomic mass is 10.1. The van der Waals surface area contributed by atoms with Gasteiger partial charge in [0.25, 0.3) is 0 Å². The summed E-state index contributed by atoms with van der Waals surface area (Å²) in [5.41, 5.74) is 0.921. The number of aromatic nitrogens is 3. The molecule has 6 nitrogen and oxygen atoms in total. The lowest BCUT2D eigenvalue weighted by molar-refractivity contribution is -0.138. The number of rotatable bonds is 6. The Bertz CT molecular complexity index is 1130. The summed E-state index contributed by atoms with van der Waals surface area (Å²) < 4.78 is 47.7.